The average molecular weight is 1340 g/mol. The minimum absolute atomic E-state index is 0.0482. The topological polar surface area (TPSA) is 580 Å². The lowest BCUT2D eigenvalue weighted by atomic mass is 9.95. The third-order valence-electron chi connectivity index (χ3n) is 14.3. The Bertz CT molecular complexity index is 3210. The predicted molar refractivity (Wildman–Crippen MR) is 330 cm³/mol. The number of carboxylic acids is 5. The molecule has 3 rings (SSSR count). The molecule has 22 N–H and O–H groups in total. The number of nitrogens with two attached hydrogens (primary N) is 3. The van der Waals surface area contributed by atoms with Crippen molar-refractivity contribution in [3.8, 4) is 5.75 Å². The summed E-state index contributed by atoms with van der Waals surface area (Å²) in [5.41, 5.74) is 18.9. The van der Waals surface area contributed by atoms with Crippen molar-refractivity contribution in [2.24, 2.45) is 17.2 Å². The van der Waals surface area contributed by atoms with Crippen LogP contribution in [0.2, 0.25) is 0 Å². The van der Waals surface area contributed by atoms with Gasteiger partial charge in [0.05, 0.1) is 38.3 Å². The van der Waals surface area contributed by atoms with Gasteiger partial charge in [-0.2, -0.15) is 0 Å². The van der Waals surface area contributed by atoms with Gasteiger partial charge in [-0.1, -0.05) is 60.7 Å². The molecule has 1 heterocycles. The van der Waals surface area contributed by atoms with Crippen LogP contribution in [0.1, 0.15) is 87.5 Å². The maximum atomic E-state index is 14.3. The van der Waals surface area contributed by atoms with Crippen molar-refractivity contribution in [3.63, 3.8) is 0 Å². The maximum absolute atomic E-state index is 14.3. The highest BCUT2D eigenvalue weighted by atomic mass is 16.4. The maximum Gasteiger partial charge on any atom is 0.326 e. The molecule has 0 saturated carbocycles. The van der Waals surface area contributed by atoms with Crippen LogP contribution in [0.15, 0.2) is 73.1 Å². The molecule has 35 heteroatoms. The summed E-state index contributed by atoms with van der Waals surface area (Å²) in [5, 5.41) is 82.1. The van der Waals surface area contributed by atoms with E-state index in [-0.39, 0.29) is 56.2 Å². The molecule has 10 amide bonds. The number of aryl methyl sites for hydroxylation is 2. The number of unbranched alkanes of at least 4 members (excludes halogenated alkanes) is 1. The second kappa shape index (κ2) is 40.3. The number of pyridine rings is 1. The molecule has 0 aliphatic carbocycles. The third kappa shape index (κ3) is 30.1. The van der Waals surface area contributed by atoms with Gasteiger partial charge in [-0.05, 0) is 63.5 Å². The fraction of sp³-hybridized carbons (Fsp3) is 0.467. The normalized spacial score (nSPS) is 13.7. The summed E-state index contributed by atoms with van der Waals surface area (Å²) in [5.74, 6) is -16.9. The SMILES string of the molecule is C[C@H](NC(=O)C(CCc1c[n+](CCCCC(N)C(=O)O)cc(O)c1CC(NC(=O)[C@@H](N)CCC(=O)O)C(=O)N[C@@H](C)C(=O)NCC(=O)NCC(=O)N[C@@H](Cc1ccccc1)C(=O)O)NC(=O)[C@@H](N)CCC(=O)O)C(=O)NCC(=O)NCC(=O)N[C@@H](Cc1ccccc1)C(=O)O. The molecule has 0 aliphatic rings. The van der Waals surface area contributed by atoms with Crippen LogP contribution in [-0.4, -0.2) is 200 Å². The smallest absolute Gasteiger partial charge is 0.326 e. The standard InChI is InChI=1S/C60H82N14O21/c1-32(52(84)66-26-46(76)64-28-48(78)70-43(59(92)93)23-34-11-5-3-6-12-34)68-56(88)41(72-54(86)38(61)17-20-50(80)81)19-16-36-30-74(22-10-9-15-40(63)58(90)91)31-45(75)37(36)25-42(73-55(87)39(62)18-21-51(82)83)57(89)69-33(2)53(85)67-27-47(77)65-29-49(79)71-44(60(94)95)24-35-13-7-4-8-14-35/h3-8,11-14,30-33,38-44H,9-10,15-29,61-63H2,1-2H3,(H15-,64,65,66,67,68,69,70,71,72,73,75,76,77,78,79,80,81,82,83,84,85,86,87,88,89,90,91,92,93,94,95)/p+1/t32-,33-,38-,39-,40?,41?,42?,43-,44-/m0/s1. The number of aromatic nitrogens is 1. The number of aliphatic carboxylic acids is 5. The first-order chi connectivity index (χ1) is 44.8. The molecule has 9 atom stereocenters. The third-order valence-corrected chi connectivity index (χ3v) is 14.3. The number of hydrogen-bond donors (Lipinski definition) is 19. The number of aromatic hydroxyl groups is 1. The number of rotatable bonds is 43. The largest absolute Gasteiger partial charge is 0.503 e. The van der Waals surface area contributed by atoms with Crippen LogP contribution in [0, 0.1) is 0 Å². The van der Waals surface area contributed by atoms with Crippen molar-refractivity contribution in [2.75, 3.05) is 26.2 Å². The van der Waals surface area contributed by atoms with E-state index in [9.17, 15) is 103 Å². The zero-order valence-corrected chi connectivity index (χ0v) is 52.1. The van der Waals surface area contributed by atoms with Crippen LogP contribution < -0.4 is 74.9 Å². The molecular formula is C60H83N14O21+. The number of carbonyl (C=O) groups excluding carboxylic acids is 10. The summed E-state index contributed by atoms with van der Waals surface area (Å²) in [6.07, 6.45) is -0.348. The van der Waals surface area contributed by atoms with Gasteiger partial charge in [0.1, 0.15) is 48.8 Å². The van der Waals surface area contributed by atoms with Crippen LogP contribution in [-0.2, 0) is 104 Å². The Labute approximate surface area is 543 Å². The average Bonchev–Trinajstić information content (AvgIpc) is 0.846. The van der Waals surface area contributed by atoms with Crippen molar-refractivity contribution in [1.29, 1.82) is 0 Å². The summed E-state index contributed by atoms with van der Waals surface area (Å²) in [7, 11) is 0. The van der Waals surface area contributed by atoms with Gasteiger partial charge in [-0.15, -0.1) is 0 Å². The van der Waals surface area contributed by atoms with E-state index in [2.05, 4.69) is 53.2 Å². The Hall–Kier alpha value is -10.7. The van der Waals surface area contributed by atoms with Gasteiger partial charge in [0.15, 0.2) is 11.9 Å². The fourth-order valence-corrected chi connectivity index (χ4v) is 8.91. The molecule has 3 unspecified atom stereocenters. The molecule has 95 heavy (non-hydrogen) atoms. The van der Waals surface area contributed by atoms with E-state index in [0.717, 1.165) is 0 Å². The quantitative estimate of drug-likeness (QED) is 0.0185. The lowest BCUT2D eigenvalue weighted by Gasteiger charge is -2.24. The summed E-state index contributed by atoms with van der Waals surface area (Å²) < 4.78 is 1.45. The van der Waals surface area contributed by atoms with E-state index in [0.29, 0.717) is 11.1 Å². The van der Waals surface area contributed by atoms with Crippen molar-refractivity contribution in [2.45, 2.75) is 152 Å². The Morgan fingerprint density at radius 1 is 0.421 bits per heavy atom. The Morgan fingerprint density at radius 2 is 0.842 bits per heavy atom. The number of benzene rings is 2. The lowest BCUT2D eigenvalue weighted by Crippen LogP contribution is -2.56. The Kier molecular flexibility index (Phi) is 33.4. The van der Waals surface area contributed by atoms with Crippen molar-refractivity contribution in [1.82, 2.24) is 53.2 Å². The van der Waals surface area contributed by atoms with Gasteiger partial charge >= 0.3 is 29.8 Å². The molecule has 0 fully saturated rings. The molecule has 2 aromatic carbocycles. The Balaban J connectivity index is 1.91. The highest BCUT2D eigenvalue weighted by Gasteiger charge is 2.33. The minimum Gasteiger partial charge on any atom is -0.503 e. The number of amides is 10. The first-order valence-corrected chi connectivity index (χ1v) is 29.9. The zero-order valence-electron chi connectivity index (χ0n) is 52.1. The summed E-state index contributed by atoms with van der Waals surface area (Å²) in [6.45, 7) is -0.429. The predicted octanol–water partition coefficient (Wildman–Crippen LogP) is -5.81. The first-order valence-electron chi connectivity index (χ1n) is 29.9. The number of nitrogens with zero attached hydrogens (tertiary/aromatic N) is 1. The van der Waals surface area contributed by atoms with Crippen LogP contribution in [0.5, 0.6) is 5.75 Å². The van der Waals surface area contributed by atoms with Crippen LogP contribution in [0.25, 0.3) is 0 Å². The molecule has 0 saturated heterocycles. The first kappa shape index (κ1) is 78.6. The summed E-state index contributed by atoms with van der Waals surface area (Å²) >= 11 is 0. The summed E-state index contributed by atoms with van der Waals surface area (Å²) in [6, 6.07) is 3.41. The van der Waals surface area contributed by atoms with Crippen molar-refractivity contribution in [3.05, 3.63) is 95.3 Å². The zero-order chi connectivity index (χ0) is 70.9. The van der Waals surface area contributed by atoms with E-state index in [1.54, 1.807) is 60.7 Å². The second-order valence-corrected chi connectivity index (χ2v) is 22.0. The van der Waals surface area contributed by atoms with E-state index in [4.69, 9.17) is 17.2 Å². The van der Waals surface area contributed by atoms with Gasteiger partial charge in [-0.25, -0.2) is 14.2 Å². The fourth-order valence-electron chi connectivity index (χ4n) is 8.91. The highest BCUT2D eigenvalue weighted by molar-refractivity contribution is 5.96. The lowest BCUT2D eigenvalue weighted by molar-refractivity contribution is -0.698. The van der Waals surface area contributed by atoms with Crippen molar-refractivity contribution < 1.29 is 107 Å². The molecule has 0 radical (unpaired) electrons. The molecule has 0 aliphatic heterocycles. The number of hydrogen-bond acceptors (Lipinski definition) is 19. The molecule has 518 valence electrons. The molecule has 1 aromatic heterocycles. The van der Waals surface area contributed by atoms with Gasteiger partial charge in [-0.3, -0.25) is 62.3 Å². The molecule has 0 bridgehead atoms. The van der Waals surface area contributed by atoms with E-state index < -0.39 is 214 Å². The van der Waals surface area contributed by atoms with Crippen LogP contribution in [0.3, 0.4) is 0 Å². The number of carboxylic acid groups (broad SMARTS) is 5. The van der Waals surface area contributed by atoms with Crippen LogP contribution >= 0.6 is 0 Å². The van der Waals surface area contributed by atoms with Gasteiger partial charge < -0.3 is 101 Å². The highest BCUT2D eigenvalue weighted by Crippen LogP contribution is 2.24. The van der Waals surface area contributed by atoms with E-state index >= 15 is 0 Å². The van der Waals surface area contributed by atoms with E-state index in [1.807, 2.05) is 0 Å². The van der Waals surface area contributed by atoms with Gasteiger partial charge in [0.25, 0.3) is 0 Å². The van der Waals surface area contributed by atoms with Gasteiger partial charge in [0.2, 0.25) is 65.3 Å². The molecule has 0 spiro atoms. The minimum atomic E-state index is -1.79. The molecule has 35 nitrogen and oxygen atoms in total. The second-order valence-electron chi connectivity index (χ2n) is 22.0. The van der Waals surface area contributed by atoms with Crippen LogP contribution in [0.4, 0.5) is 0 Å². The van der Waals surface area contributed by atoms with E-state index in [1.165, 1.54) is 30.8 Å². The monoisotopic (exact) mass is 1340 g/mol. The number of nitrogens with one attached hydrogen (secondary N) is 10. The Morgan fingerprint density at radius 3 is 1.26 bits per heavy atom. The number of carbonyl (C=O) groups is 15. The van der Waals surface area contributed by atoms with Crippen molar-refractivity contribution >= 4 is 88.9 Å². The molecular weight excluding hydrogens is 1250 g/mol. The van der Waals surface area contributed by atoms with Gasteiger partial charge in [0, 0.05) is 49.7 Å². The molecule has 3 aromatic rings. The summed E-state index contributed by atoms with van der Waals surface area (Å²) in [4.78, 5) is 191.